The molecule has 5 nitrogen and oxygen atoms in total. The summed E-state index contributed by atoms with van der Waals surface area (Å²) in [7, 11) is 1.63. The molecule has 5 heteroatoms. The highest BCUT2D eigenvalue weighted by atomic mass is 16.5. The Kier molecular flexibility index (Phi) is 4.87. The minimum Gasteiger partial charge on any atom is -0.497 e. The fourth-order valence-electron chi connectivity index (χ4n) is 3.23. The number of aromatic nitrogens is 1. The summed E-state index contributed by atoms with van der Waals surface area (Å²) >= 11 is 0. The Morgan fingerprint density at radius 2 is 1.55 bits per heavy atom. The predicted octanol–water partition coefficient (Wildman–Crippen LogP) is 5.09. The second-order valence-electron chi connectivity index (χ2n) is 6.80. The first-order valence-electron chi connectivity index (χ1n) is 9.17. The highest BCUT2D eigenvalue weighted by Gasteiger charge is 2.12. The minimum absolute atomic E-state index is 0.440. The number of aryl methyl sites for hydroxylation is 1. The number of ether oxygens (including phenoxy) is 1. The minimum atomic E-state index is -0.440. The lowest BCUT2D eigenvalue weighted by Crippen LogP contribution is -2.12. The number of primary amides is 1. The summed E-state index contributed by atoms with van der Waals surface area (Å²) < 4.78 is 10.7. The van der Waals surface area contributed by atoms with Crippen molar-refractivity contribution in [3.63, 3.8) is 0 Å². The molecule has 0 fully saturated rings. The Labute approximate surface area is 168 Å². The number of nitrogens with zero attached hydrogens (tertiary/aromatic N) is 1. The number of hydrogen-bond acceptors (Lipinski definition) is 4. The van der Waals surface area contributed by atoms with E-state index in [1.54, 1.807) is 13.2 Å². The van der Waals surface area contributed by atoms with Gasteiger partial charge >= 0.3 is 0 Å². The van der Waals surface area contributed by atoms with E-state index < -0.39 is 5.91 Å². The van der Waals surface area contributed by atoms with Crippen molar-refractivity contribution in [3.05, 3.63) is 83.9 Å². The third-order valence-corrected chi connectivity index (χ3v) is 4.82. The molecule has 144 valence electrons. The normalized spacial score (nSPS) is 10.7. The van der Waals surface area contributed by atoms with Gasteiger partial charge in [-0.25, -0.2) is 0 Å². The van der Waals surface area contributed by atoms with Crippen LogP contribution in [-0.4, -0.2) is 18.2 Å². The highest BCUT2D eigenvalue weighted by molar-refractivity contribution is 6.00. The van der Waals surface area contributed by atoms with Crippen molar-refractivity contribution in [2.45, 2.75) is 6.92 Å². The van der Waals surface area contributed by atoms with Gasteiger partial charge in [0.25, 0.3) is 0 Å². The van der Waals surface area contributed by atoms with Crippen LogP contribution in [0, 0.1) is 6.92 Å². The zero-order valence-electron chi connectivity index (χ0n) is 16.2. The molecule has 3 aromatic carbocycles. The average Bonchev–Trinajstić information content (AvgIpc) is 3.24. The zero-order valence-corrected chi connectivity index (χ0v) is 16.2. The van der Waals surface area contributed by atoms with Crippen molar-refractivity contribution in [1.29, 1.82) is 0 Å². The fraction of sp³-hybridized carbons (Fsp3) is 0.0833. The summed E-state index contributed by atoms with van der Waals surface area (Å²) in [5.41, 5.74) is 11.4. The van der Waals surface area contributed by atoms with Crippen LogP contribution in [0.4, 0.5) is 0 Å². The standard InChI is InChI=1S/C24H20N2O3/c1-15-3-12-20(24(25)27)21(13-15)16-4-6-17(7-5-16)22-14-23(29-26-22)18-8-10-19(28-2)11-9-18/h3-14H,1-2H3,(H2,25,27). The SMILES string of the molecule is COc1ccc(-c2cc(-c3ccc(-c4cc(C)ccc4C(N)=O)cc3)no2)cc1. The third-order valence-electron chi connectivity index (χ3n) is 4.82. The Balaban J connectivity index is 1.63. The van der Waals surface area contributed by atoms with Crippen LogP contribution in [-0.2, 0) is 0 Å². The number of carbonyl (C=O) groups is 1. The number of rotatable bonds is 5. The van der Waals surface area contributed by atoms with Gasteiger partial charge in [-0.1, -0.05) is 47.1 Å². The van der Waals surface area contributed by atoms with E-state index >= 15 is 0 Å². The van der Waals surface area contributed by atoms with Gasteiger partial charge in [0.1, 0.15) is 11.4 Å². The molecule has 0 aliphatic heterocycles. The lowest BCUT2D eigenvalue weighted by molar-refractivity contribution is 0.100. The summed E-state index contributed by atoms with van der Waals surface area (Å²) in [5, 5.41) is 4.19. The number of amides is 1. The van der Waals surface area contributed by atoms with Crippen LogP contribution in [0.15, 0.2) is 77.3 Å². The van der Waals surface area contributed by atoms with E-state index in [2.05, 4.69) is 5.16 Å². The van der Waals surface area contributed by atoms with E-state index in [1.807, 2.05) is 73.7 Å². The quantitative estimate of drug-likeness (QED) is 0.520. The molecular weight excluding hydrogens is 364 g/mol. The largest absolute Gasteiger partial charge is 0.497 e. The molecule has 0 aliphatic carbocycles. The molecule has 0 radical (unpaired) electrons. The molecule has 0 atom stereocenters. The maximum absolute atomic E-state index is 11.8. The van der Waals surface area contributed by atoms with Gasteiger partial charge in [0, 0.05) is 22.8 Å². The van der Waals surface area contributed by atoms with Gasteiger partial charge in [0.2, 0.25) is 5.91 Å². The van der Waals surface area contributed by atoms with E-state index in [0.717, 1.165) is 39.3 Å². The van der Waals surface area contributed by atoms with Crippen LogP contribution >= 0.6 is 0 Å². The van der Waals surface area contributed by atoms with Gasteiger partial charge in [-0.15, -0.1) is 0 Å². The van der Waals surface area contributed by atoms with E-state index in [9.17, 15) is 4.79 Å². The first kappa shape index (κ1) is 18.5. The van der Waals surface area contributed by atoms with Gasteiger partial charge in [0.15, 0.2) is 5.76 Å². The molecule has 0 spiro atoms. The lowest BCUT2D eigenvalue weighted by Gasteiger charge is -2.09. The smallest absolute Gasteiger partial charge is 0.249 e. The number of hydrogen-bond donors (Lipinski definition) is 1. The first-order valence-corrected chi connectivity index (χ1v) is 9.17. The lowest BCUT2D eigenvalue weighted by atomic mass is 9.96. The topological polar surface area (TPSA) is 78.4 Å². The summed E-state index contributed by atoms with van der Waals surface area (Å²) in [6.07, 6.45) is 0. The molecule has 0 saturated carbocycles. The number of benzene rings is 3. The van der Waals surface area contributed by atoms with Crippen LogP contribution in [0.25, 0.3) is 33.7 Å². The van der Waals surface area contributed by atoms with Crippen molar-refractivity contribution >= 4 is 5.91 Å². The number of nitrogens with two attached hydrogens (primary N) is 1. The van der Waals surface area contributed by atoms with Crippen LogP contribution in [0.3, 0.4) is 0 Å². The molecule has 1 heterocycles. The van der Waals surface area contributed by atoms with Crippen LogP contribution in [0.1, 0.15) is 15.9 Å². The van der Waals surface area contributed by atoms with Gasteiger partial charge in [-0.2, -0.15) is 0 Å². The monoisotopic (exact) mass is 384 g/mol. The fourth-order valence-corrected chi connectivity index (χ4v) is 3.23. The Bertz CT molecular complexity index is 1160. The Hall–Kier alpha value is -3.86. The van der Waals surface area contributed by atoms with E-state index in [1.165, 1.54) is 0 Å². The summed E-state index contributed by atoms with van der Waals surface area (Å²) in [6, 6.07) is 22.9. The average molecular weight is 384 g/mol. The molecule has 0 saturated heterocycles. The van der Waals surface area contributed by atoms with Gasteiger partial charge in [0.05, 0.1) is 7.11 Å². The molecular formula is C24H20N2O3. The molecule has 4 aromatic rings. The van der Waals surface area contributed by atoms with Crippen molar-refractivity contribution in [2.24, 2.45) is 5.73 Å². The van der Waals surface area contributed by atoms with Crippen LogP contribution < -0.4 is 10.5 Å². The molecule has 1 aromatic heterocycles. The summed E-state index contributed by atoms with van der Waals surface area (Å²) in [6.45, 7) is 1.98. The number of methoxy groups -OCH3 is 1. The van der Waals surface area contributed by atoms with Crippen LogP contribution in [0.5, 0.6) is 5.75 Å². The predicted molar refractivity (Wildman–Crippen MR) is 113 cm³/mol. The maximum Gasteiger partial charge on any atom is 0.249 e. The molecule has 0 bridgehead atoms. The van der Waals surface area contributed by atoms with Crippen molar-refractivity contribution in [1.82, 2.24) is 5.16 Å². The zero-order chi connectivity index (χ0) is 20.4. The van der Waals surface area contributed by atoms with Crippen LogP contribution in [0.2, 0.25) is 0 Å². The Morgan fingerprint density at radius 3 is 2.21 bits per heavy atom. The van der Waals surface area contributed by atoms with Crippen molar-refractivity contribution < 1.29 is 14.1 Å². The van der Waals surface area contributed by atoms with Gasteiger partial charge < -0.3 is 15.0 Å². The second-order valence-corrected chi connectivity index (χ2v) is 6.80. The first-order chi connectivity index (χ1) is 14.0. The van der Waals surface area contributed by atoms with Gasteiger partial charge in [-0.3, -0.25) is 4.79 Å². The third kappa shape index (κ3) is 3.75. The molecule has 2 N–H and O–H groups in total. The van der Waals surface area contributed by atoms with E-state index in [-0.39, 0.29) is 0 Å². The summed E-state index contributed by atoms with van der Waals surface area (Å²) in [4.78, 5) is 11.8. The van der Waals surface area contributed by atoms with E-state index in [0.29, 0.717) is 11.3 Å². The highest BCUT2D eigenvalue weighted by Crippen LogP contribution is 2.30. The Morgan fingerprint density at radius 1 is 0.897 bits per heavy atom. The van der Waals surface area contributed by atoms with E-state index in [4.69, 9.17) is 15.0 Å². The molecule has 1 amide bonds. The second kappa shape index (κ2) is 7.64. The van der Waals surface area contributed by atoms with Gasteiger partial charge in [-0.05, 0) is 48.4 Å². The molecule has 4 rings (SSSR count). The van der Waals surface area contributed by atoms with Crippen molar-refractivity contribution in [2.75, 3.05) is 7.11 Å². The molecule has 0 unspecified atom stereocenters. The summed E-state index contributed by atoms with van der Waals surface area (Å²) in [5.74, 6) is 1.03. The molecule has 29 heavy (non-hydrogen) atoms. The maximum atomic E-state index is 11.8. The molecule has 0 aliphatic rings. The number of carbonyl (C=O) groups excluding carboxylic acids is 1. The van der Waals surface area contributed by atoms with Crippen molar-refractivity contribution in [3.8, 4) is 39.5 Å².